The van der Waals surface area contributed by atoms with Crippen molar-refractivity contribution in [1.29, 1.82) is 0 Å². The Morgan fingerprint density at radius 2 is 1.84 bits per heavy atom. The summed E-state index contributed by atoms with van der Waals surface area (Å²) in [5.74, 6) is 0.259. The first kappa shape index (κ1) is 21.1. The molecule has 0 radical (unpaired) electrons. The second kappa shape index (κ2) is 9.31. The van der Waals surface area contributed by atoms with Gasteiger partial charge < -0.3 is 19.4 Å². The van der Waals surface area contributed by atoms with Crippen molar-refractivity contribution in [2.75, 3.05) is 23.3 Å². The van der Waals surface area contributed by atoms with Gasteiger partial charge in [-0.05, 0) is 50.2 Å². The monoisotopic (exact) mass is 423 g/mol. The highest BCUT2D eigenvalue weighted by molar-refractivity contribution is 5.91. The highest BCUT2D eigenvalue weighted by Gasteiger charge is 2.22. The number of ether oxygens (including phenoxy) is 1. The molecule has 1 N–H and O–H groups in total. The minimum atomic E-state index is -0.368. The van der Waals surface area contributed by atoms with Crippen LogP contribution in [0.15, 0.2) is 59.1 Å². The number of nitrogens with zero attached hydrogens (tertiary/aromatic N) is 2. The Morgan fingerprint density at radius 3 is 2.55 bits per heavy atom. The molecule has 1 amide bonds. The van der Waals surface area contributed by atoms with Crippen LogP contribution in [0.25, 0.3) is 11.3 Å². The van der Waals surface area contributed by atoms with E-state index in [-0.39, 0.29) is 30.4 Å². The Hall–Kier alpha value is -3.19. The quantitative estimate of drug-likeness (QED) is 0.624. The average Bonchev–Trinajstić information content (AvgIpc) is 3.21. The van der Waals surface area contributed by atoms with Gasteiger partial charge in [-0.25, -0.2) is 9.37 Å². The van der Waals surface area contributed by atoms with Gasteiger partial charge in [0, 0.05) is 37.3 Å². The predicted octanol–water partition coefficient (Wildman–Crippen LogP) is 4.67. The number of halogens is 1. The van der Waals surface area contributed by atoms with Crippen LogP contribution in [-0.4, -0.2) is 36.2 Å². The molecule has 0 aliphatic carbocycles. The number of anilines is 2. The van der Waals surface area contributed by atoms with E-state index < -0.39 is 0 Å². The fraction of sp³-hybridized carbons (Fsp3) is 0.333. The highest BCUT2D eigenvalue weighted by Crippen LogP contribution is 2.24. The Balaban J connectivity index is 1.30. The molecule has 0 spiro atoms. The largest absolute Gasteiger partial charge is 0.441 e. The number of benzene rings is 2. The topological polar surface area (TPSA) is 67.6 Å². The smallest absolute Gasteiger partial charge is 0.224 e. The number of morpholine rings is 1. The van der Waals surface area contributed by atoms with Crippen LogP contribution < -0.4 is 10.2 Å². The van der Waals surface area contributed by atoms with Crippen LogP contribution in [0.4, 0.5) is 15.8 Å². The third-order valence-corrected chi connectivity index (χ3v) is 5.19. The average molecular weight is 423 g/mol. The molecule has 1 fully saturated rings. The zero-order chi connectivity index (χ0) is 21.8. The summed E-state index contributed by atoms with van der Waals surface area (Å²) in [6.45, 7) is 5.84. The van der Waals surface area contributed by atoms with E-state index in [0.717, 1.165) is 24.5 Å². The molecular formula is C24H26FN3O3. The summed E-state index contributed by atoms with van der Waals surface area (Å²) in [4.78, 5) is 18.8. The number of rotatable bonds is 6. The van der Waals surface area contributed by atoms with Crippen molar-refractivity contribution >= 4 is 17.3 Å². The van der Waals surface area contributed by atoms with Gasteiger partial charge in [0.15, 0.2) is 11.7 Å². The number of amides is 1. The second-order valence-electron chi connectivity index (χ2n) is 7.86. The number of hydrogen-bond acceptors (Lipinski definition) is 5. The number of aryl methyl sites for hydroxylation is 1. The summed E-state index contributed by atoms with van der Waals surface area (Å²) in [5, 5.41) is 2.90. The van der Waals surface area contributed by atoms with Crippen molar-refractivity contribution in [3.05, 3.63) is 66.4 Å². The van der Waals surface area contributed by atoms with Gasteiger partial charge >= 0.3 is 0 Å². The Bertz CT molecular complexity index is 1020. The van der Waals surface area contributed by atoms with Gasteiger partial charge in [0.1, 0.15) is 5.82 Å². The molecule has 1 aliphatic rings. The fourth-order valence-electron chi connectivity index (χ4n) is 3.80. The van der Waals surface area contributed by atoms with Gasteiger partial charge in [0.05, 0.1) is 24.0 Å². The molecule has 1 aromatic heterocycles. The molecule has 31 heavy (non-hydrogen) atoms. The number of carbonyl (C=O) groups excluding carboxylic acids is 1. The molecule has 1 saturated heterocycles. The molecule has 0 saturated carbocycles. The maximum atomic E-state index is 13.9. The van der Waals surface area contributed by atoms with E-state index in [4.69, 9.17) is 9.15 Å². The fourth-order valence-corrected chi connectivity index (χ4v) is 3.80. The van der Waals surface area contributed by atoms with E-state index in [1.165, 1.54) is 12.3 Å². The summed E-state index contributed by atoms with van der Waals surface area (Å²) < 4.78 is 25.2. The maximum Gasteiger partial charge on any atom is 0.224 e. The van der Waals surface area contributed by atoms with Crippen LogP contribution in [0, 0.1) is 5.82 Å². The summed E-state index contributed by atoms with van der Waals surface area (Å²) in [5.41, 5.74) is 2.21. The zero-order valence-electron chi connectivity index (χ0n) is 17.7. The second-order valence-corrected chi connectivity index (χ2v) is 7.86. The van der Waals surface area contributed by atoms with Gasteiger partial charge in [-0.2, -0.15) is 0 Å². The normalized spacial score (nSPS) is 18.7. The molecule has 2 unspecified atom stereocenters. The third kappa shape index (κ3) is 5.30. The molecule has 7 heteroatoms. The summed E-state index contributed by atoms with van der Waals surface area (Å²) >= 11 is 0. The first-order valence-electron chi connectivity index (χ1n) is 10.5. The molecule has 2 heterocycles. The molecular weight excluding hydrogens is 397 g/mol. The summed E-state index contributed by atoms with van der Waals surface area (Å²) in [6.07, 6.45) is 2.42. The van der Waals surface area contributed by atoms with Crippen LogP contribution in [0.3, 0.4) is 0 Å². The molecule has 2 atom stereocenters. The van der Waals surface area contributed by atoms with Crippen molar-refractivity contribution in [3.8, 4) is 11.3 Å². The molecule has 4 rings (SSSR count). The molecule has 0 bridgehead atoms. The van der Waals surface area contributed by atoms with E-state index in [1.807, 2.05) is 24.3 Å². The first-order valence-corrected chi connectivity index (χ1v) is 10.5. The van der Waals surface area contributed by atoms with Crippen molar-refractivity contribution in [3.63, 3.8) is 0 Å². The SMILES string of the molecule is CC1CN(c2ccc(NC(=O)CCc3ncc(-c4ccccc4F)o3)cc2)CC(C)O1. The molecule has 162 valence electrons. The Morgan fingerprint density at radius 1 is 1.13 bits per heavy atom. The molecule has 2 aromatic carbocycles. The standard InChI is InChI=1S/C24H26FN3O3/c1-16-14-28(15-17(2)30-16)19-9-7-18(8-10-19)27-23(29)11-12-24-26-13-22(31-24)20-5-3-4-6-21(20)25/h3-10,13,16-17H,11-12,14-15H2,1-2H3,(H,27,29). The number of hydrogen-bond donors (Lipinski definition) is 1. The van der Waals surface area contributed by atoms with Crippen molar-refractivity contribution in [2.24, 2.45) is 0 Å². The Labute approximate surface area is 181 Å². The van der Waals surface area contributed by atoms with Crippen molar-refractivity contribution in [2.45, 2.75) is 38.9 Å². The minimum absolute atomic E-state index is 0.132. The predicted molar refractivity (Wildman–Crippen MR) is 118 cm³/mol. The van der Waals surface area contributed by atoms with Crippen LogP contribution in [0.2, 0.25) is 0 Å². The molecule has 1 aliphatic heterocycles. The van der Waals surface area contributed by atoms with Crippen LogP contribution in [-0.2, 0) is 16.0 Å². The lowest BCUT2D eigenvalue weighted by Gasteiger charge is -2.36. The van der Waals surface area contributed by atoms with Crippen molar-refractivity contribution in [1.82, 2.24) is 4.98 Å². The number of aromatic nitrogens is 1. The van der Waals surface area contributed by atoms with E-state index in [9.17, 15) is 9.18 Å². The number of oxazole rings is 1. The summed E-state index contributed by atoms with van der Waals surface area (Å²) in [6, 6.07) is 14.2. The highest BCUT2D eigenvalue weighted by atomic mass is 19.1. The lowest BCUT2D eigenvalue weighted by Crippen LogP contribution is -2.45. The van der Waals surface area contributed by atoms with Gasteiger partial charge in [0.25, 0.3) is 0 Å². The minimum Gasteiger partial charge on any atom is -0.441 e. The number of carbonyl (C=O) groups is 1. The van der Waals surface area contributed by atoms with Gasteiger partial charge in [-0.3, -0.25) is 4.79 Å². The van der Waals surface area contributed by atoms with Gasteiger partial charge in [0.2, 0.25) is 5.91 Å². The van der Waals surface area contributed by atoms with Crippen LogP contribution in [0.1, 0.15) is 26.2 Å². The van der Waals surface area contributed by atoms with Crippen LogP contribution >= 0.6 is 0 Å². The maximum absolute atomic E-state index is 13.9. The van der Waals surface area contributed by atoms with E-state index in [2.05, 4.69) is 29.0 Å². The lowest BCUT2D eigenvalue weighted by atomic mass is 10.2. The van der Waals surface area contributed by atoms with Gasteiger partial charge in [-0.15, -0.1) is 0 Å². The van der Waals surface area contributed by atoms with Gasteiger partial charge in [-0.1, -0.05) is 12.1 Å². The Kier molecular flexibility index (Phi) is 6.32. The molecule has 3 aromatic rings. The zero-order valence-corrected chi connectivity index (χ0v) is 17.7. The van der Waals surface area contributed by atoms with E-state index in [0.29, 0.717) is 23.6 Å². The van der Waals surface area contributed by atoms with Crippen LogP contribution in [0.5, 0.6) is 0 Å². The third-order valence-electron chi connectivity index (χ3n) is 5.19. The number of nitrogens with one attached hydrogen (secondary N) is 1. The van der Waals surface area contributed by atoms with Crippen molar-refractivity contribution < 1.29 is 18.3 Å². The van der Waals surface area contributed by atoms with E-state index >= 15 is 0 Å². The first-order chi connectivity index (χ1) is 15.0. The summed E-state index contributed by atoms with van der Waals surface area (Å²) in [7, 11) is 0. The lowest BCUT2D eigenvalue weighted by molar-refractivity contribution is -0.116. The molecule has 6 nitrogen and oxygen atoms in total. The van der Waals surface area contributed by atoms with E-state index in [1.54, 1.807) is 18.2 Å².